The molecule has 0 aliphatic heterocycles. The largest absolute Gasteiger partial charge is 0.465 e. The fourth-order valence-corrected chi connectivity index (χ4v) is 3.47. The molecule has 0 saturated carbocycles. The van der Waals surface area contributed by atoms with Crippen LogP contribution in [-0.2, 0) is 4.74 Å². The second kappa shape index (κ2) is 6.50. The SMILES string of the molecule is COC(=O)c1ccc(Cl)c(NC(C)c2cc(C)sc2C)c1. The zero-order valence-electron chi connectivity index (χ0n) is 12.5. The molecular formula is C16H18ClNO2S. The molecule has 0 aliphatic carbocycles. The Morgan fingerprint density at radius 2 is 2.05 bits per heavy atom. The molecule has 1 aromatic carbocycles. The van der Waals surface area contributed by atoms with Gasteiger partial charge in [-0.1, -0.05) is 11.6 Å². The van der Waals surface area contributed by atoms with Crippen LogP contribution in [0.5, 0.6) is 0 Å². The van der Waals surface area contributed by atoms with Crippen LogP contribution in [0.25, 0.3) is 0 Å². The molecule has 0 fully saturated rings. The summed E-state index contributed by atoms with van der Waals surface area (Å²) in [7, 11) is 1.37. The van der Waals surface area contributed by atoms with Crippen LogP contribution in [0, 0.1) is 13.8 Å². The Labute approximate surface area is 133 Å². The van der Waals surface area contributed by atoms with Crippen LogP contribution in [0.3, 0.4) is 0 Å². The van der Waals surface area contributed by atoms with Crippen LogP contribution in [0.4, 0.5) is 5.69 Å². The van der Waals surface area contributed by atoms with Crippen molar-refractivity contribution in [2.45, 2.75) is 26.8 Å². The number of ether oxygens (including phenoxy) is 1. The first-order chi connectivity index (χ1) is 9.92. The lowest BCUT2D eigenvalue weighted by molar-refractivity contribution is 0.0601. The van der Waals surface area contributed by atoms with Crippen LogP contribution in [-0.4, -0.2) is 13.1 Å². The van der Waals surface area contributed by atoms with Gasteiger partial charge in [-0.2, -0.15) is 0 Å². The first kappa shape index (κ1) is 15.9. The highest BCUT2D eigenvalue weighted by Gasteiger charge is 2.14. The molecule has 0 bridgehead atoms. The number of thiophene rings is 1. The lowest BCUT2D eigenvalue weighted by Gasteiger charge is -2.17. The van der Waals surface area contributed by atoms with Gasteiger partial charge in [-0.25, -0.2) is 4.79 Å². The maximum atomic E-state index is 11.6. The first-order valence-electron chi connectivity index (χ1n) is 6.63. The molecule has 0 amide bonds. The van der Waals surface area contributed by atoms with Gasteiger partial charge in [0.1, 0.15) is 0 Å². The molecule has 2 aromatic rings. The van der Waals surface area contributed by atoms with Crippen molar-refractivity contribution >= 4 is 34.6 Å². The number of aryl methyl sites for hydroxylation is 2. The normalized spacial score (nSPS) is 12.0. The van der Waals surface area contributed by atoms with Crippen molar-refractivity contribution in [2.75, 3.05) is 12.4 Å². The highest BCUT2D eigenvalue weighted by molar-refractivity contribution is 7.12. The number of hydrogen-bond acceptors (Lipinski definition) is 4. The van der Waals surface area contributed by atoms with Crippen molar-refractivity contribution < 1.29 is 9.53 Å². The fraction of sp³-hybridized carbons (Fsp3) is 0.312. The van der Waals surface area contributed by atoms with Crippen molar-refractivity contribution in [3.63, 3.8) is 0 Å². The number of carbonyl (C=O) groups excluding carboxylic acids is 1. The van der Waals surface area contributed by atoms with Crippen LogP contribution >= 0.6 is 22.9 Å². The topological polar surface area (TPSA) is 38.3 Å². The number of hydrogen-bond donors (Lipinski definition) is 1. The van der Waals surface area contributed by atoms with E-state index >= 15 is 0 Å². The van der Waals surface area contributed by atoms with Gasteiger partial charge in [0.15, 0.2) is 0 Å². The predicted molar refractivity (Wildman–Crippen MR) is 88.6 cm³/mol. The summed E-state index contributed by atoms with van der Waals surface area (Å²) in [5.41, 5.74) is 2.46. The summed E-state index contributed by atoms with van der Waals surface area (Å²) < 4.78 is 4.74. The number of rotatable bonds is 4. The number of esters is 1. The first-order valence-corrected chi connectivity index (χ1v) is 7.83. The van der Waals surface area contributed by atoms with E-state index in [0.717, 1.165) is 5.69 Å². The average molecular weight is 324 g/mol. The van der Waals surface area contributed by atoms with Gasteiger partial charge in [0.05, 0.1) is 23.4 Å². The minimum absolute atomic E-state index is 0.111. The van der Waals surface area contributed by atoms with E-state index in [9.17, 15) is 4.79 Å². The number of benzene rings is 1. The molecule has 1 atom stereocenters. The summed E-state index contributed by atoms with van der Waals surface area (Å²) in [6.07, 6.45) is 0. The zero-order chi connectivity index (χ0) is 15.6. The molecule has 2 rings (SSSR count). The summed E-state index contributed by atoms with van der Waals surface area (Å²) in [6.45, 7) is 6.28. The lowest BCUT2D eigenvalue weighted by Crippen LogP contribution is -2.09. The molecule has 1 aromatic heterocycles. The Morgan fingerprint density at radius 3 is 2.62 bits per heavy atom. The van der Waals surface area contributed by atoms with E-state index in [1.165, 1.54) is 22.4 Å². The van der Waals surface area contributed by atoms with Crippen LogP contribution in [0.1, 0.15) is 38.6 Å². The standard InChI is InChI=1S/C16H18ClNO2S/c1-9-7-13(11(3)21-9)10(2)18-15-8-12(16(19)20-4)5-6-14(15)17/h5-8,10,18H,1-4H3. The van der Waals surface area contributed by atoms with Crippen molar-refractivity contribution in [2.24, 2.45) is 0 Å². The summed E-state index contributed by atoms with van der Waals surface area (Å²) in [5, 5.41) is 3.95. The lowest BCUT2D eigenvalue weighted by atomic mass is 10.1. The molecule has 3 nitrogen and oxygen atoms in total. The minimum atomic E-state index is -0.370. The third-order valence-electron chi connectivity index (χ3n) is 3.31. The monoisotopic (exact) mass is 323 g/mol. The van der Waals surface area contributed by atoms with Crippen LogP contribution in [0.2, 0.25) is 5.02 Å². The predicted octanol–water partition coefficient (Wildman–Crippen LogP) is 4.98. The average Bonchev–Trinajstić information content (AvgIpc) is 2.79. The second-order valence-corrected chi connectivity index (χ2v) is 6.79. The van der Waals surface area contributed by atoms with Gasteiger partial charge < -0.3 is 10.1 Å². The molecule has 0 spiro atoms. The van der Waals surface area contributed by atoms with Crippen LogP contribution in [0.15, 0.2) is 24.3 Å². The smallest absolute Gasteiger partial charge is 0.337 e. The van der Waals surface area contributed by atoms with Gasteiger partial charge in [-0.05, 0) is 50.6 Å². The van der Waals surface area contributed by atoms with E-state index in [-0.39, 0.29) is 12.0 Å². The minimum Gasteiger partial charge on any atom is -0.465 e. The number of nitrogens with one attached hydrogen (secondary N) is 1. The molecule has 21 heavy (non-hydrogen) atoms. The molecule has 1 unspecified atom stereocenters. The zero-order valence-corrected chi connectivity index (χ0v) is 14.1. The quantitative estimate of drug-likeness (QED) is 0.806. The van der Waals surface area contributed by atoms with Crippen molar-refractivity contribution in [1.29, 1.82) is 0 Å². The molecule has 5 heteroatoms. The number of anilines is 1. The van der Waals surface area contributed by atoms with Gasteiger partial charge in [-0.3, -0.25) is 0 Å². The fourth-order valence-electron chi connectivity index (χ4n) is 2.27. The summed E-state index contributed by atoms with van der Waals surface area (Å²) in [4.78, 5) is 14.2. The Hall–Kier alpha value is -1.52. The van der Waals surface area contributed by atoms with E-state index in [2.05, 4.69) is 32.2 Å². The van der Waals surface area contributed by atoms with Gasteiger partial charge >= 0.3 is 5.97 Å². The second-order valence-electron chi connectivity index (χ2n) is 4.92. The van der Waals surface area contributed by atoms with Gasteiger partial charge in [0, 0.05) is 15.8 Å². The van der Waals surface area contributed by atoms with Crippen molar-refractivity contribution in [3.8, 4) is 0 Å². The van der Waals surface area contributed by atoms with Gasteiger partial charge in [0.25, 0.3) is 0 Å². The number of methoxy groups -OCH3 is 1. The number of carbonyl (C=O) groups is 1. The molecule has 0 aliphatic rings. The Morgan fingerprint density at radius 1 is 1.33 bits per heavy atom. The maximum Gasteiger partial charge on any atom is 0.337 e. The third-order valence-corrected chi connectivity index (χ3v) is 4.62. The summed E-state index contributed by atoms with van der Waals surface area (Å²) in [6, 6.07) is 7.37. The van der Waals surface area contributed by atoms with Gasteiger partial charge in [-0.15, -0.1) is 11.3 Å². The highest BCUT2D eigenvalue weighted by Crippen LogP contribution is 2.31. The molecule has 0 saturated heterocycles. The molecule has 0 radical (unpaired) electrons. The van der Waals surface area contributed by atoms with Crippen LogP contribution < -0.4 is 5.32 Å². The molecule has 1 heterocycles. The van der Waals surface area contributed by atoms with Crippen molar-refractivity contribution in [1.82, 2.24) is 0 Å². The number of halogens is 1. The molecule has 1 N–H and O–H groups in total. The van der Waals surface area contributed by atoms with Crippen molar-refractivity contribution in [3.05, 3.63) is 50.2 Å². The summed E-state index contributed by atoms with van der Waals surface area (Å²) in [5.74, 6) is -0.370. The summed E-state index contributed by atoms with van der Waals surface area (Å²) >= 11 is 7.99. The van der Waals surface area contributed by atoms with E-state index in [1.807, 2.05) is 0 Å². The van der Waals surface area contributed by atoms with E-state index in [4.69, 9.17) is 16.3 Å². The van der Waals surface area contributed by atoms with E-state index in [0.29, 0.717) is 10.6 Å². The maximum absolute atomic E-state index is 11.6. The van der Waals surface area contributed by atoms with Gasteiger partial charge in [0.2, 0.25) is 0 Å². The van der Waals surface area contributed by atoms with E-state index in [1.54, 1.807) is 29.5 Å². The Balaban J connectivity index is 2.26. The Bertz CT molecular complexity index is 666. The highest BCUT2D eigenvalue weighted by atomic mass is 35.5. The Kier molecular flexibility index (Phi) is 4.91. The van der Waals surface area contributed by atoms with E-state index < -0.39 is 0 Å². The molecular weight excluding hydrogens is 306 g/mol. The third kappa shape index (κ3) is 3.57. The molecule has 112 valence electrons.